The summed E-state index contributed by atoms with van der Waals surface area (Å²) in [6.45, 7) is 3.72. The van der Waals surface area contributed by atoms with Crippen LogP contribution in [-0.4, -0.2) is 14.2 Å². The van der Waals surface area contributed by atoms with Gasteiger partial charge in [0.1, 0.15) is 0 Å². The summed E-state index contributed by atoms with van der Waals surface area (Å²) in [6, 6.07) is 8.42. The Morgan fingerprint density at radius 3 is 2.32 bits per heavy atom. The van der Waals surface area contributed by atoms with Crippen LogP contribution in [0.3, 0.4) is 0 Å². The molecule has 0 spiro atoms. The van der Waals surface area contributed by atoms with Crippen LogP contribution in [0.25, 0.3) is 0 Å². The summed E-state index contributed by atoms with van der Waals surface area (Å²) < 4.78 is 24.1. The van der Waals surface area contributed by atoms with E-state index in [1.165, 1.54) is 12.1 Å². The summed E-state index contributed by atoms with van der Waals surface area (Å²) in [4.78, 5) is 0.302. The molecule has 19 heavy (non-hydrogen) atoms. The van der Waals surface area contributed by atoms with Crippen LogP contribution in [0.4, 0.5) is 0 Å². The highest BCUT2D eigenvalue weighted by Crippen LogP contribution is 2.23. The lowest BCUT2D eigenvalue weighted by atomic mass is 9.89. The van der Waals surface area contributed by atoms with E-state index in [1.807, 2.05) is 13.8 Å². The lowest BCUT2D eigenvalue weighted by Gasteiger charge is -2.14. The fraction of sp³-hybridized carbons (Fsp3) is 0.500. The second-order valence-corrected chi connectivity index (χ2v) is 7.77. The number of sulfone groups is 1. The molecule has 0 aliphatic carbocycles. The number of hydrogen-bond donors (Lipinski definition) is 0. The Morgan fingerprint density at radius 2 is 1.79 bits per heavy atom. The predicted octanol–water partition coefficient (Wildman–Crippen LogP) is 3.83. The topological polar surface area (TPSA) is 57.9 Å². The minimum Gasteiger partial charge on any atom is -0.224 e. The van der Waals surface area contributed by atoms with Crippen molar-refractivity contribution in [2.24, 2.45) is 5.41 Å². The summed E-state index contributed by atoms with van der Waals surface area (Å²) >= 11 is 5.73. The second kappa shape index (κ2) is 6.40. The highest BCUT2D eigenvalue weighted by atomic mass is 35.5. The minimum absolute atomic E-state index is 0.107. The van der Waals surface area contributed by atoms with Crippen LogP contribution in [0.2, 0.25) is 5.02 Å². The molecular weight excluding hydrogens is 282 g/mol. The van der Waals surface area contributed by atoms with Crippen molar-refractivity contribution >= 4 is 21.4 Å². The molecule has 0 saturated heterocycles. The van der Waals surface area contributed by atoms with E-state index in [4.69, 9.17) is 16.9 Å². The van der Waals surface area contributed by atoms with Gasteiger partial charge in [-0.2, -0.15) is 5.26 Å². The SMILES string of the molecule is CC(C)(C#N)CCCCS(=O)(=O)c1ccc(Cl)cc1. The first-order valence-corrected chi connectivity index (χ1v) is 8.19. The van der Waals surface area contributed by atoms with Gasteiger partial charge in [0.15, 0.2) is 9.84 Å². The summed E-state index contributed by atoms with van der Waals surface area (Å²) in [5.41, 5.74) is -0.385. The molecule has 0 aliphatic rings. The van der Waals surface area contributed by atoms with Crippen molar-refractivity contribution < 1.29 is 8.42 Å². The predicted molar refractivity (Wildman–Crippen MR) is 76.7 cm³/mol. The van der Waals surface area contributed by atoms with Crippen LogP contribution < -0.4 is 0 Å². The minimum atomic E-state index is -3.24. The fourth-order valence-electron chi connectivity index (χ4n) is 1.67. The standard InChI is InChI=1S/C14H18ClNO2S/c1-14(2,11-16)9-3-4-10-19(17,18)13-7-5-12(15)6-8-13/h5-8H,3-4,9-10H2,1-2H3. The maximum Gasteiger partial charge on any atom is 0.178 e. The van der Waals surface area contributed by atoms with Crippen molar-refractivity contribution in [3.05, 3.63) is 29.3 Å². The maximum absolute atomic E-state index is 12.0. The Labute approximate surface area is 120 Å². The number of benzene rings is 1. The summed E-state index contributed by atoms with van der Waals surface area (Å²) in [5.74, 6) is 0.107. The van der Waals surface area contributed by atoms with Crippen molar-refractivity contribution in [1.29, 1.82) is 5.26 Å². The van der Waals surface area contributed by atoms with E-state index in [9.17, 15) is 8.42 Å². The molecule has 5 heteroatoms. The lowest BCUT2D eigenvalue weighted by Crippen LogP contribution is -2.10. The van der Waals surface area contributed by atoms with Crippen molar-refractivity contribution in [2.45, 2.75) is 38.0 Å². The molecule has 1 aromatic carbocycles. The molecule has 0 amide bonds. The number of nitrogens with zero attached hydrogens (tertiary/aromatic N) is 1. The lowest BCUT2D eigenvalue weighted by molar-refractivity contribution is 0.431. The van der Waals surface area contributed by atoms with Crippen LogP contribution in [0, 0.1) is 16.7 Å². The molecule has 0 atom stereocenters. The van der Waals surface area contributed by atoms with E-state index in [0.29, 0.717) is 22.8 Å². The highest BCUT2D eigenvalue weighted by molar-refractivity contribution is 7.91. The molecule has 1 aromatic rings. The summed E-state index contributed by atoms with van der Waals surface area (Å²) in [6.07, 6.45) is 2.00. The van der Waals surface area contributed by atoms with Gasteiger partial charge in [0, 0.05) is 5.02 Å². The second-order valence-electron chi connectivity index (χ2n) is 5.23. The number of rotatable bonds is 6. The van der Waals surface area contributed by atoms with E-state index in [0.717, 1.165) is 6.42 Å². The molecule has 0 aromatic heterocycles. The van der Waals surface area contributed by atoms with Gasteiger partial charge in [0.05, 0.1) is 22.1 Å². The van der Waals surface area contributed by atoms with Gasteiger partial charge in [-0.25, -0.2) is 8.42 Å². The molecule has 0 heterocycles. The maximum atomic E-state index is 12.0. The third-order valence-corrected chi connectivity index (χ3v) is 5.01. The third kappa shape index (κ3) is 5.22. The zero-order chi connectivity index (χ0) is 14.5. The molecule has 0 radical (unpaired) electrons. The monoisotopic (exact) mass is 299 g/mol. The average Bonchev–Trinajstić information content (AvgIpc) is 2.35. The molecular formula is C14H18ClNO2S. The fourth-order valence-corrected chi connectivity index (χ4v) is 3.17. The van der Waals surface area contributed by atoms with Crippen molar-refractivity contribution in [2.75, 3.05) is 5.75 Å². The van der Waals surface area contributed by atoms with Gasteiger partial charge in [0.25, 0.3) is 0 Å². The molecule has 0 N–H and O–H groups in total. The van der Waals surface area contributed by atoms with Crippen LogP contribution in [0.15, 0.2) is 29.2 Å². The van der Waals surface area contributed by atoms with Gasteiger partial charge in [-0.1, -0.05) is 18.0 Å². The highest BCUT2D eigenvalue weighted by Gasteiger charge is 2.18. The van der Waals surface area contributed by atoms with Crippen LogP contribution >= 0.6 is 11.6 Å². The molecule has 0 fully saturated rings. The summed E-state index contributed by atoms with van der Waals surface area (Å²) in [5, 5.41) is 9.40. The van der Waals surface area contributed by atoms with Gasteiger partial charge in [-0.3, -0.25) is 0 Å². The number of hydrogen-bond acceptors (Lipinski definition) is 3. The molecule has 0 saturated carbocycles. The summed E-state index contributed by atoms with van der Waals surface area (Å²) in [7, 11) is -3.24. The van der Waals surface area contributed by atoms with Crippen LogP contribution in [-0.2, 0) is 9.84 Å². The first-order chi connectivity index (χ1) is 8.77. The van der Waals surface area contributed by atoms with E-state index < -0.39 is 9.84 Å². The third-order valence-electron chi connectivity index (χ3n) is 2.94. The Balaban J connectivity index is 2.53. The smallest absolute Gasteiger partial charge is 0.178 e. The molecule has 0 unspecified atom stereocenters. The van der Waals surface area contributed by atoms with E-state index in [-0.39, 0.29) is 11.2 Å². The average molecular weight is 300 g/mol. The number of unbranched alkanes of at least 4 members (excludes halogenated alkanes) is 1. The normalized spacial score (nSPS) is 12.1. The first kappa shape index (κ1) is 16.0. The van der Waals surface area contributed by atoms with Crippen LogP contribution in [0.1, 0.15) is 33.1 Å². The van der Waals surface area contributed by atoms with Crippen molar-refractivity contribution in [1.82, 2.24) is 0 Å². The molecule has 0 aliphatic heterocycles. The van der Waals surface area contributed by atoms with Gasteiger partial charge in [-0.05, 0) is 51.0 Å². The Bertz CT molecular complexity index is 556. The van der Waals surface area contributed by atoms with Gasteiger partial charge in [0.2, 0.25) is 0 Å². The van der Waals surface area contributed by atoms with Gasteiger partial charge >= 0.3 is 0 Å². The number of halogens is 1. The molecule has 104 valence electrons. The van der Waals surface area contributed by atoms with Crippen molar-refractivity contribution in [3.63, 3.8) is 0 Å². The first-order valence-electron chi connectivity index (χ1n) is 6.16. The Kier molecular flexibility index (Phi) is 5.39. The zero-order valence-electron chi connectivity index (χ0n) is 11.2. The van der Waals surface area contributed by atoms with E-state index in [1.54, 1.807) is 12.1 Å². The van der Waals surface area contributed by atoms with E-state index in [2.05, 4.69) is 6.07 Å². The zero-order valence-corrected chi connectivity index (χ0v) is 12.8. The number of nitriles is 1. The van der Waals surface area contributed by atoms with Gasteiger partial charge < -0.3 is 0 Å². The van der Waals surface area contributed by atoms with Crippen molar-refractivity contribution in [3.8, 4) is 6.07 Å². The quantitative estimate of drug-likeness (QED) is 0.750. The van der Waals surface area contributed by atoms with Gasteiger partial charge in [-0.15, -0.1) is 0 Å². The van der Waals surface area contributed by atoms with E-state index >= 15 is 0 Å². The molecule has 3 nitrogen and oxygen atoms in total. The Hall–Kier alpha value is -1.05. The van der Waals surface area contributed by atoms with Crippen LogP contribution in [0.5, 0.6) is 0 Å². The molecule has 1 rings (SSSR count). The molecule has 0 bridgehead atoms. The Morgan fingerprint density at radius 1 is 1.21 bits per heavy atom. The largest absolute Gasteiger partial charge is 0.224 e.